The van der Waals surface area contributed by atoms with Crippen molar-refractivity contribution in [1.29, 1.82) is 0 Å². The Bertz CT molecular complexity index is 786. The summed E-state index contributed by atoms with van der Waals surface area (Å²) in [6.07, 6.45) is 10.2. The second kappa shape index (κ2) is 10.8. The highest BCUT2D eigenvalue weighted by atomic mass is 16.5. The average molecular weight is 445 g/mol. The minimum absolute atomic E-state index is 0.0196. The van der Waals surface area contributed by atoms with Gasteiger partial charge in [0.1, 0.15) is 11.9 Å². The number of hydrogen-bond acceptors (Lipinski definition) is 4. The van der Waals surface area contributed by atoms with Crippen LogP contribution in [-0.4, -0.2) is 40.6 Å². The van der Waals surface area contributed by atoms with Crippen LogP contribution >= 0.6 is 0 Å². The van der Waals surface area contributed by atoms with Gasteiger partial charge in [0.15, 0.2) is 0 Å². The van der Waals surface area contributed by atoms with E-state index in [0.29, 0.717) is 17.6 Å². The maximum absolute atomic E-state index is 10.9. The lowest BCUT2D eigenvalue weighted by molar-refractivity contribution is -0.138. The number of benzene rings is 1. The number of aliphatic hydroxyl groups excluding tert-OH is 1. The molecule has 2 N–H and O–H groups in total. The Hall–Kier alpha value is -1.85. The molecule has 1 aromatic rings. The Morgan fingerprint density at radius 3 is 2.78 bits per heavy atom. The molecule has 2 bridgehead atoms. The summed E-state index contributed by atoms with van der Waals surface area (Å²) in [5, 5.41) is 19.8. The van der Waals surface area contributed by atoms with Crippen LogP contribution in [0.3, 0.4) is 0 Å². The van der Waals surface area contributed by atoms with Crippen LogP contribution < -0.4 is 4.74 Å². The Kier molecular flexibility index (Phi) is 8.40. The van der Waals surface area contributed by atoms with Crippen molar-refractivity contribution in [3.05, 3.63) is 42.0 Å². The molecule has 2 aliphatic rings. The summed E-state index contributed by atoms with van der Waals surface area (Å²) in [5.41, 5.74) is 1.05. The van der Waals surface area contributed by atoms with Crippen LogP contribution in [-0.2, 0) is 16.0 Å². The van der Waals surface area contributed by atoms with Crippen molar-refractivity contribution >= 4 is 5.97 Å². The molecule has 3 rings (SSSR count). The van der Waals surface area contributed by atoms with Gasteiger partial charge >= 0.3 is 5.97 Å². The summed E-state index contributed by atoms with van der Waals surface area (Å²) in [5.74, 6) is 0.534. The van der Waals surface area contributed by atoms with E-state index in [1.165, 1.54) is 5.56 Å². The molecule has 0 spiro atoms. The summed E-state index contributed by atoms with van der Waals surface area (Å²) in [6, 6.07) is 7.97. The largest absolute Gasteiger partial charge is 0.490 e. The number of aliphatic hydroxyl groups is 1. The van der Waals surface area contributed by atoms with Gasteiger partial charge in [-0.15, -0.1) is 0 Å². The van der Waals surface area contributed by atoms with Gasteiger partial charge in [0, 0.05) is 5.92 Å². The first-order valence-electron chi connectivity index (χ1n) is 12.2. The van der Waals surface area contributed by atoms with E-state index >= 15 is 0 Å². The molecule has 178 valence electrons. The Morgan fingerprint density at radius 2 is 2.06 bits per heavy atom. The van der Waals surface area contributed by atoms with Crippen molar-refractivity contribution in [2.24, 2.45) is 17.3 Å². The number of carboxylic acids is 1. The van der Waals surface area contributed by atoms with E-state index in [1.807, 2.05) is 24.3 Å². The van der Waals surface area contributed by atoms with E-state index < -0.39 is 12.1 Å². The predicted octanol–water partition coefficient (Wildman–Crippen LogP) is 5.40. The Balaban J connectivity index is 1.66. The maximum Gasteiger partial charge on any atom is 0.307 e. The molecule has 2 heterocycles. The number of aliphatic carboxylic acids is 1. The molecule has 6 atom stereocenters. The van der Waals surface area contributed by atoms with E-state index in [-0.39, 0.29) is 30.1 Å². The lowest BCUT2D eigenvalue weighted by Crippen LogP contribution is -2.30. The molecule has 5 heteroatoms. The zero-order chi connectivity index (χ0) is 23.3. The standard InChI is InChI=1S/C27H40O5/c1-5-6-14-27(3,4)25(28)13-10-21-22(24-12-11-23(21)32-24)17-19-8-7-9-20(16-19)31-18(2)15-26(29)30/h7-10,13,16,18,21-25,28H,5-6,11-12,14-15,17H2,1-4H3,(H,29,30)/t18-,21?,22+,23-,24+,25?/m1/s1. The fourth-order valence-electron chi connectivity index (χ4n) is 5.16. The Labute approximate surface area is 192 Å². The summed E-state index contributed by atoms with van der Waals surface area (Å²) >= 11 is 0. The number of hydrogen-bond donors (Lipinski definition) is 2. The monoisotopic (exact) mass is 444 g/mol. The van der Waals surface area contributed by atoms with Gasteiger partial charge in [0.2, 0.25) is 0 Å². The highest BCUT2D eigenvalue weighted by Gasteiger charge is 2.47. The van der Waals surface area contributed by atoms with E-state index in [4.69, 9.17) is 14.6 Å². The Morgan fingerprint density at radius 1 is 1.31 bits per heavy atom. The minimum Gasteiger partial charge on any atom is -0.490 e. The zero-order valence-electron chi connectivity index (χ0n) is 20.0. The number of unbranched alkanes of at least 4 members (excludes halogenated alkanes) is 1. The first-order chi connectivity index (χ1) is 15.2. The minimum atomic E-state index is -0.859. The average Bonchev–Trinajstić information content (AvgIpc) is 3.32. The van der Waals surface area contributed by atoms with Gasteiger partial charge < -0.3 is 19.7 Å². The van der Waals surface area contributed by atoms with E-state index in [1.54, 1.807) is 6.92 Å². The molecule has 2 fully saturated rings. The molecule has 5 nitrogen and oxygen atoms in total. The second-order valence-electron chi connectivity index (χ2n) is 10.3. The van der Waals surface area contributed by atoms with Gasteiger partial charge in [0.25, 0.3) is 0 Å². The lowest BCUT2D eigenvalue weighted by Gasteiger charge is -2.30. The number of rotatable bonds is 12. The molecule has 0 radical (unpaired) electrons. The first kappa shape index (κ1) is 24.8. The van der Waals surface area contributed by atoms with Crippen LogP contribution in [0.2, 0.25) is 0 Å². The van der Waals surface area contributed by atoms with Gasteiger partial charge in [-0.2, -0.15) is 0 Å². The smallest absolute Gasteiger partial charge is 0.307 e. The van der Waals surface area contributed by atoms with Crippen molar-refractivity contribution in [2.45, 2.75) is 97.1 Å². The van der Waals surface area contributed by atoms with Crippen molar-refractivity contribution < 1.29 is 24.5 Å². The predicted molar refractivity (Wildman–Crippen MR) is 126 cm³/mol. The topological polar surface area (TPSA) is 76.0 Å². The maximum atomic E-state index is 10.9. The molecule has 1 aromatic carbocycles. The molecular weight excluding hydrogens is 404 g/mol. The highest BCUT2D eigenvalue weighted by molar-refractivity contribution is 5.67. The van der Waals surface area contributed by atoms with Crippen molar-refractivity contribution in [3.8, 4) is 5.75 Å². The number of fused-ring (bicyclic) bond motifs is 2. The van der Waals surface area contributed by atoms with Gasteiger partial charge in [-0.1, -0.05) is 57.9 Å². The highest BCUT2D eigenvalue weighted by Crippen LogP contribution is 2.46. The first-order valence-corrected chi connectivity index (χ1v) is 12.2. The van der Waals surface area contributed by atoms with Gasteiger partial charge in [-0.05, 0) is 61.6 Å². The third-order valence-corrected chi connectivity index (χ3v) is 7.15. The van der Waals surface area contributed by atoms with E-state index in [2.05, 4.69) is 32.9 Å². The fourth-order valence-corrected chi connectivity index (χ4v) is 5.16. The lowest BCUT2D eigenvalue weighted by atomic mass is 9.75. The molecule has 2 aliphatic heterocycles. The molecule has 0 aromatic heterocycles. The molecule has 0 amide bonds. The quantitative estimate of drug-likeness (QED) is 0.422. The van der Waals surface area contributed by atoms with Crippen molar-refractivity contribution in [1.82, 2.24) is 0 Å². The molecule has 0 aliphatic carbocycles. The van der Waals surface area contributed by atoms with Gasteiger partial charge in [0.05, 0.1) is 24.7 Å². The zero-order valence-corrected chi connectivity index (χ0v) is 20.0. The second-order valence-corrected chi connectivity index (χ2v) is 10.3. The van der Waals surface area contributed by atoms with Crippen LogP contribution in [0, 0.1) is 17.3 Å². The third-order valence-electron chi connectivity index (χ3n) is 7.15. The fraction of sp³-hybridized carbons (Fsp3) is 0.667. The van der Waals surface area contributed by atoms with Crippen LogP contribution in [0.5, 0.6) is 5.75 Å². The van der Waals surface area contributed by atoms with Crippen LogP contribution in [0.15, 0.2) is 36.4 Å². The summed E-state index contributed by atoms with van der Waals surface area (Å²) < 4.78 is 12.1. The van der Waals surface area contributed by atoms with Crippen LogP contribution in [0.1, 0.15) is 71.8 Å². The molecule has 0 saturated carbocycles. The number of ether oxygens (including phenoxy) is 2. The van der Waals surface area contributed by atoms with Crippen molar-refractivity contribution in [3.63, 3.8) is 0 Å². The van der Waals surface area contributed by atoms with Gasteiger partial charge in [-0.25, -0.2) is 0 Å². The molecule has 2 saturated heterocycles. The van der Waals surface area contributed by atoms with E-state index in [9.17, 15) is 9.90 Å². The van der Waals surface area contributed by atoms with E-state index in [0.717, 1.165) is 38.5 Å². The molecule has 2 unspecified atom stereocenters. The number of carbonyl (C=O) groups is 1. The normalized spacial score (nSPS) is 27.0. The molecule has 32 heavy (non-hydrogen) atoms. The molecular formula is C27H40O5. The third kappa shape index (κ3) is 6.35. The summed E-state index contributed by atoms with van der Waals surface area (Å²) in [4.78, 5) is 10.9. The number of carboxylic acid groups (broad SMARTS) is 1. The van der Waals surface area contributed by atoms with Crippen LogP contribution in [0.25, 0.3) is 0 Å². The van der Waals surface area contributed by atoms with Crippen molar-refractivity contribution in [2.75, 3.05) is 0 Å². The SMILES string of the molecule is CCCCC(C)(C)C(O)C=CC1[C@H]2CC[C@H](O2)[C@H]1Cc1cccc(O[C@H](C)CC(=O)O)c1. The summed E-state index contributed by atoms with van der Waals surface area (Å²) in [7, 11) is 0. The van der Waals surface area contributed by atoms with Crippen LogP contribution in [0.4, 0.5) is 0 Å². The van der Waals surface area contributed by atoms with Gasteiger partial charge in [-0.3, -0.25) is 4.79 Å². The summed E-state index contributed by atoms with van der Waals surface area (Å²) in [6.45, 7) is 8.24.